The Morgan fingerprint density at radius 2 is 2.33 bits per heavy atom. The van der Waals surface area contributed by atoms with Gasteiger partial charge in [-0.3, -0.25) is 0 Å². The number of anilines is 1. The molecule has 0 aromatic carbocycles. The molecule has 0 unspecified atom stereocenters. The highest BCUT2D eigenvalue weighted by Gasteiger charge is 2.03. The van der Waals surface area contributed by atoms with Crippen LogP contribution < -0.4 is 10.5 Å². The average Bonchev–Trinajstić information content (AvgIpc) is 2.66. The molecule has 0 amide bonds. The summed E-state index contributed by atoms with van der Waals surface area (Å²) in [5, 5.41) is 4.00. The summed E-state index contributed by atoms with van der Waals surface area (Å²) in [6.07, 6.45) is 3.31. The molecule has 0 bridgehead atoms. The summed E-state index contributed by atoms with van der Waals surface area (Å²) in [4.78, 5) is 8.22. The molecule has 0 atom stereocenters. The van der Waals surface area contributed by atoms with Crippen LogP contribution in [0, 0.1) is 0 Å². The molecule has 6 nitrogen and oxygen atoms in total. The Balaban J connectivity index is 2.32. The van der Waals surface area contributed by atoms with Crippen molar-refractivity contribution < 1.29 is 4.74 Å². The van der Waals surface area contributed by atoms with Crippen LogP contribution in [0.15, 0.2) is 24.5 Å². The third-order valence-corrected chi connectivity index (χ3v) is 1.72. The fourth-order valence-corrected chi connectivity index (χ4v) is 1.12. The fourth-order valence-electron chi connectivity index (χ4n) is 1.12. The minimum absolute atomic E-state index is 0.431. The molecule has 0 saturated carbocycles. The monoisotopic (exact) mass is 205 g/mol. The molecule has 0 saturated heterocycles. The summed E-state index contributed by atoms with van der Waals surface area (Å²) in [5.41, 5.74) is 5.49. The summed E-state index contributed by atoms with van der Waals surface area (Å²) in [6, 6.07) is 3.37. The van der Waals surface area contributed by atoms with E-state index in [1.165, 1.54) is 4.68 Å². The fraction of sp³-hybridized carbons (Fsp3) is 0.222. The molecule has 78 valence electrons. The molecule has 0 aliphatic rings. The summed E-state index contributed by atoms with van der Waals surface area (Å²) in [7, 11) is 0. The van der Waals surface area contributed by atoms with Crippen LogP contribution in [-0.2, 0) is 0 Å². The second kappa shape index (κ2) is 3.95. The van der Waals surface area contributed by atoms with Gasteiger partial charge in [0.05, 0.1) is 6.61 Å². The second-order valence-corrected chi connectivity index (χ2v) is 2.81. The van der Waals surface area contributed by atoms with E-state index in [9.17, 15) is 0 Å². The number of nitrogens with zero attached hydrogens (tertiary/aromatic N) is 4. The molecule has 0 spiro atoms. The van der Waals surface area contributed by atoms with E-state index >= 15 is 0 Å². The standard InChI is InChI=1S/C9H11N5O/c1-2-15-8-3-5-11-9(12-8)14-6-4-7(10)13-14/h3-6H,2H2,1H3,(H2,10,13). The molecule has 15 heavy (non-hydrogen) atoms. The predicted octanol–water partition coefficient (Wildman–Crippen LogP) is 0.643. The number of nitrogen functional groups attached to an aromatic ring is 1. The van der Waals surface area contributed by atoms with Crippen molar-refractivity contribution >= 4 is 5.82 Å². The Morgan fingerprint density at radius 1 is 1.47 bits per heavy atom. The van der Waals surface area contributed by atoms with E-state index in [1.54, 1.807) is 24.5 Å². The zero-order valence-electron chi connectivity index (χ0n) is 8.29. The SMILES string of the molecule is CCOc1ccnc(-n2ccc(N)n2)n1. The minimum Gasteiger partial charge on any atom is -0.478 e. The lowest BCUT2D eigenvalue weighted by Gasteiger charge is -2.03. The molecule has 0 fully saturated rings. The van der Waals surface area contributed by atoms with Gasteiger partial charge in [0.25, 0.3) is 5.95 Å². The normalized spacial score (nSPS) is 10.2. The van der Waals surface area contributed by atoms with Crippen molar-refractivity contribution in [3.05, 3.63) is 24.5 Å². The quantitative estimate of drug-likeness (QED) is 0.795. The molecule has 2 aromatic heterocycles. The maximum Gasteiger partial charge on any atom is 0.253 e. The summed E-state index contributed by atoms with van der Waals surface area (Å²) in [6.45, 7) is 2.46. The molecule has 2 N–H and O–H groups in total. The van der Waals surface area contributed by atoms with E-state index in [0.717, 1.165) is 0 Å². The summed E-state index contributed by atoms with van der Waals surface area (Å²) >= 11 is 0. The number of hydrogen-bond donors (Lipinski definition) is 1. The molecular weight excluding hydrogens is 194 g/mol. The van der Waals surface area contributed by atoms with Crippen LogP contribution in [0.1, 0.15) is 6.92 Å². The largest absolute Gasteiger partial charge is 0.478 e. The number of aromatic nitrogens is 4. The first-order valence-corrected chi connectivity index (χ1v) is 4.57. The van der Waals surface area contributed by atoms with Gasteiger partial charge >= 0.3 is 0 Å². The van der Waals surface area contributed by atoms with Crippen molar-refractivity contribution in [2.75, 3.05) is 12.3 Å². The third kappa shape index (κ3) is 2.04. The number of nitrogens with two attached hydrogens (primary N) is 1. The van der Waals surface area contributed by atoms with Gasteiger partial charge in [0.1, 0.15) is 5.82 Å². The van der Waals surface area contributed by atoms with Crippen molar-refractivity contribution in [1.29, 1.82) is 0 Å². The van der Waals surface area contributed by atoms with Crippen LogP contribution in [0.5, 0.6) is 5.88 Å². The van der Waals surface area contributed by atoms with Crippen LogP contribution in [0.25, 0.3) is 5.95 Å². The van der Waals surface area contributed by atoms with Gasteiger partial charge in [0, 0.05) is 24.5 Å². The van der Waals surface area contributed by atoms with E-state index in [2.05, 4.69) is 15.1 Å². The summed E-state index contributed by atoms with van der Waals surface area (Å²) in [5.74, 6) is 1.40. The van der Waals surface area contributed by atoms with Gasteiger partial charge in [-0.25, -0.2) is 9.67 Å². The first-order chi connectivity index (χ1) is 7.29. The van der Waals surface area contributed by atoms with Crippen LogP contribution in [-0.4, -0.2) is 26.4 Å². The lowest BCUT2D eigenvalue weighted by Crippen LogP contribution is -2.04. The first-order valence-electron chi connectivity index (χ1n) is 4.57. The highest BCUT2D eigenvalue weighted by atomic mass is 16.5. The lowest BCUT2D eigenvalue weighted by atomic mass is 10.6. The highest BCUT2D eigenvalue weighted by molar-refractivity contribution is 5.27. The van der Waals surface area contributed by atoms with Crippen molar-refractivity contribution in [1.82, 2.24) is 19.7 Å². The zero-order valence-corrected chi connectivity index (χ0v) is 8.29. The maximum absolute atomic E-state index is 5.49. The van der Waals surface area contributed by atoms with Gasteiger partial charge in [0.15, 0.2) is 0 Å². The Labute approximate surface area is 86.7 Å². The Kier molecular flexibility index (Phi) is 2.49. The molecule has 2 aromatic rings. The smallest absolute Gasteiger partial charge is 0.253 e. The minimum atomic E-state index is 0.431. The Bertz CT molecular complexity index is 453. The molecule has 0 aliphatic carbocycles. The number of ether oxygens (including phenoxy) is 1. The number of hydrogen-bond acceptors (Lipinski definition) is 5. The van der Waals surface area contributed by atoms with Crippen molar-refractivity contribution in [3.8, 4) is 11.8 Å². The molecule has 6 heteroatoms. The van der Waals surface area contributed by atoms with Gasteiger partial charge < -0.3 is 10.5 Å². The van der Waals surface area contributed by atoms with Gasteiger partial charge in [0.2, 0.25) is 5.88 Å². The predicted molar refractivity (Wildman–Crippen MR) is 54.7 cm³/mol. The maximum atomic E-state index is 5.49. The molecule has 2 rings (SSSR count). The lowest BCUT2D eigenvalue weighted by molar-refractivity contribution is 0.325. The summed E-state index contributed by atoms with van der Waals surface area (Å²) < 4.78 is 6.75. The molecular formula is C9H11N5O. The van der Waals surface area contributed by atoms with Crippen LogP contribution in [0.3, 0.4) is 0 Å². The Morgan fingerprint density at radius 3 is 3.00 bits per heavy atom. The zero-order chi connectivity index (χ0) is 10.7. The van der Waals surface area contributed by atoms with Crippen molar-refractivity contribution in [2.45, 2.75) is 6.92 Å². The highest BCUT2D eigenvalue weighted by Crippen LogP contribution is 2.08. The second-order valence-electron chi connectivity index (χ2n) is 2.81. The third-order valence-electron chi connectivity index (χ3n) is 1.72. The number of rotatable bonds is 3. The van der Waals surface area contributed by atoms with Gasteiger partial charge in [-0.05, 0) is 6.92 Å². The molecule has 0 aliphatic heterocycles. The van der Waals surface area contributed by atoms with Crippen molar-refractivity contribution in [3.63, 3.8) is 0 Å². The molecule has 2 heterocycles. The average molecular weight is 205 g/mol. The van der Waals surface area contributed by atoms with E-state index in [-0.39, 0.29) is 0 Å². The van der Waals surface area contributed by atoms with Crippen LogP contribution in [0.4, 0.5) is 5.82 Å². The van der Waals surface area contributed by atoms with Gasteiger partial charge in [-0.1, -0.05) is 0 Å². The topological polar surface area (TPSA) is 78.9 Å². The van der Waals surface area contributed by atoms with E-state index < -0.39 is 0 Å². The van der Waals surface area contributed by atoms with E-state index in [4.69, 9.17) is 10.5 Å². The Hall–Kier alpha value is -2.11. The molecule has 0 radical (unpaired) electrons. The first kappa shape index (κ1) is 9.45. The van der Waals surface area contributed by atoms with E-state index in [1.807, 2.05) is 6.92 Å². The van der Waals surface area contributed by atoms with Crippen LogP contribution in [0.2, 0.25) is 0 Å². The van der Waals surface area contributed by atoms with Gasteiger partial charge in [-0.15, -0.1) is 5.10 Å². The van der Waals surface area contributed by atoms with Crippen LogP contribution >= 0.6 is 0 Å². The van der Waals surface area contributed by atoms with Crippen molar-refractivity contribution in [2.24, 2.45) is 0 Å². The van der Waals surface area contributed by atoms with E-state index in [0.29, 0.717) is 24.3 Å². The van der Waals surface area contributed by atoms with Gasteiger partial charge in [-0.2, -0.15) is 4.98 Å².